The number of rotatable bonds is 6. The van der Waals surface area contributed by atoms with E-state index in [2.05, 4.69) is 20.5 Å². The van der Waals surface area contributed by atoms with Crippen LogP contribution >= 0.6 is 0 Å². The molecule has 0 aliphatic carbocycles. The summed E-state index contributed by atoms with van der Waals surface area (Å²) in [5.41, 5.74) is 1.77. The topological polar surface area (TPSA) is 115 Å². The Morgan fingerprint density at radius 2 is 1.45 bits per heavy atom. The molecule has 8 nitrogen and oxygen atoms in total. The minimum Gasteiger partial charge on any atom is -0.493 e. The van der Waals surface area contributed by atoms with Crippen LogP contribution in [0.2, 0.25) is 0 Å². The first-order valence-corrected chi connectivity index (χ1v) is 9.75. The van der Waals surface area contributed by atoms with E-state index >= 15 is 0 Å². The summed E-state index contributed by atoms with van der Waals surface area (Å²) >= 11 is 0. The molecule has 0 aliphatic heterocycles. The average molecular weight is 414 g/mol. The number of nitrogens with zero attached hydrogens (tertiary/aromatic N) is 6. The van der Waals surface area contributed by atoms with Crippen LogP contribution in [-0.4, -0.2) is 9.67 Å². The second-order valence-electron chi connectivity index (χ2n) is 7.35. The van der Waals surface area contributed by atoms with Crippen molar-refractivity contribution >= 4 is 22.7 Å². The predicted molar refractivity (Wildman–Crippen MR) is 118 cm³/mol. The standard InChI is InChI=1S/C23H22N6O2/c1-15(2)14-29-22(30)20(13-24)16(3)21(23(29)31)28-27-19-11-9-18(10-12-19)26-25-17-7-5-4-6-8-17/h4-12,15,30H,14H2,1-3H3. The van der Waals surface area contributed by atoms with Crippen molar-refractivity contribution in [2.45, 2.75) is 27.3 Å². The average Bonchev–Trinajstić information content (AvgIpc) is 2.77. The Morgan fingerprint density at radius 3 is 1.97 bits per heavy atom. The molecule has 0 radical (unpaired) electrons. The summed E-state index contributed by atoms with van der Waals surface area (Å²) in [6.07, 6.45) is 0. The van der Waals surface area contributed by atoms with E-state index in [4.69, 9.17) is 0 Å². The van der Waals surface area contributed by atoms with Crippen molar-refractivity contribution in [3.05, 3.63) is 76.1 Å². The number of pyridine rings is 1. The van der Waals surface area contributed by atoms with Gasteiger partial charge >= 0.3 is 0 Å². The maximum atomic E-state index is 12.8. The molecule has 0 fully saturated rings. The van der Waals surface area contributed by atoms with Crippen molar-refractivity contribution in [2.24, 2.45) is 26.4 Å². The molecule has 1 N–H and O–H groups in total. The molecule has 3 aromatic rings. The van der Waals surface area contributed by atoms with Gasteiger partial charge in [0.2, 0.25) is 5.88 Å². The van der Waals surface area contributed by atoms with Crippen LogP contribution in [0.3, 0.4) is 0 Å². The van der Waals surface area contributed by atoms with Gasteiger partial charge < -0.3 is 5.11 Å². The maximum absolute atomic E-state index is 12.8. The van der Waals surface area contributed by atoms with E-state index in [0.29, 0.717) is 16.9 Å². The SMILES string of the molecule is Cc1c(C#N)c(O)n(CC(C)C)c(=O)c1N=Nc1ccc(N=Nc2ccccc2)cc1. The molecular weight excluding hydrogens is 392 g/mol. The fourth-order valence-electron chi connectivity index (χ4n) is 2.90. The lowest BCUT2D eigenvalue weighted by atomic mass is 10.1. The maximum Gasteiger partial charge on any atom is 0.281 e. The molecule has 0 amide bonds. The molecule has 156 valence electrons. The fraction of sp³-hybridized carbons (Fsp3) is 0.217. The summed E-state index contributed by atoms with van der Waals surface area (Å²) in [4.78, 5) is 12.8. The Morgan fingerprint density at radius 1 is 0.935 bits per heavy atom. The minimum atomic E-state index is -0.486. The first-order valence-electron chi connectivity index (χ1n) is 9.75. The molecule has 2 aromatic carbocycles. The van der Waals surface area contributed by atoms with Crippen molar-refractivity contribution in [1.29, 1.82) is 5.26 Å². The van der Waals surface area contributed by atoms with Crippen molar-refractivity contribution in [3.63, 3.8) is 0 Å². The van der Waals surface area contributed by atoms with Crippen molar-refractivity contribution in [3.8, 4) is 11.9 Å². The number of benzene rings is 2. The van der Waals surface area contributed by atoms with Gasteiger partial charge in [0.05, 0.1) is 17.1 Å². The molecule has 0 saturated carbocycles. The Hall–Kier alpha value is -4.12. The van der Waals surface area contributed by atoms with Gasteiger partial charge in [-0.1, -0.05) is 32.0 Å². The van der Waals surface area contributed by atoms with E-state index in [1.54, 1.807) is 31.2 Å². The van der Waals surface area contributed by atoms with Crippen LogP contribution in [0.15, 0.2) is 79.8 Å². The Labute approximate surface area is 179 Å². The first-order chi connectivity index (χ1) is 14.9. The van der Waals surface area contributed by atoms with E-state index in [1.165, 1.54) is 0 Å². The largest absolute Gasteiger partial charge is 0.493 e. The van der Waals surface area contributed by atoms with Crippen LogP contribution in [-0.2, 0) is 6.54 Å². The highest BCUT2D eigenvalue weighted by Crippen LogP contribution is 2.28. The number of hydrogen-bond acceptors (Lipinski definition) is 7. The number of aromatic nitrogens is 1. The van der Waals surface area contributed by atoms with Gasteiger partial charge in [-0.3, -0.25) is 9.36 Å². The summed E-state index contributed by atoms with van der Waals surface area (Å²) in [7, 11) is 0. The van der Waals surface area contributed by atoms with E-state index in [1.807, 2.05) is 50.2 Å². The van der Waals surface area contributed by atoms with E-state index < -0.39 is 5.56 Å². The van der Waals surface area contributed by atoms with Gasteiger partial charge in [0.15, 0.2) is 5.69 Å². The van der Waals surface area contributed by atoms with Crippen molar-refractivity contribution in [2.75, 3.05) is 0 Å². The number of nitriles is 1. The van der Waals surface area contributed by atoms with Crippen LogP contribution < -0.4 is 5.56 Å². The molecule has 0 unspecified atom stereocenters. The molecule has 0 atom stereocenters. The van der Waals surface area contributed by atoms with Crippen LogP contribution in [0.25, 0.3) is 0 Å². The lowest BCUT2D eigenvalue weighted by Crippen LogP contribution is -2.24. The Kier molecular flexibility index (Phi) is 6.67. The third kappa shape index (κ3) is 5.08. The quantitative estimate of drug-likeness (QED) is 0.482. The summed E-state index contributed by atoms with van der Waals surface area (Å²) in [6.45, 7) is 5.66. The number of aromatic hydroxyl groups is 1. The van der Waals surface area contributed by atoms with Gasteiger partial charge in [-0.2, -0.15) is 20.6 Å². The lowest BCUT2D eigenvalue weighted by Gasteiger charge is -2.14. The molecule has 0 bridgehead atoms. The second kappa shape index (κ2) is 9.59. The molecule has 8 heteroatoms. The van der Waals surface area contributed by atoms with Crippen LogP contribution in [0.4, 0.5) is 22.7 Å². The summed E-state index contributed by atoms with van der Waals surface area (Å²) < 4.78 is 1.16. The predicted octanol–water partition coefficient (Wildman–Crippen LogP) is 6.22. The lowest BCUT2D eigenvalue weighted by molar-refractivity contribution is 0.381. The number of hydrogen-bond donors (Lipinski definition) is 1. The van der Waals surface area contributed by atoms with E-state index in [9.17, 15) is 15.2 Å². The molecule has 31 heavy (non-hydrogen) atoms. The van der Waals surface area contributed by atoms with Crippen molar-refractivity contribution in [1.82, 2.24) is 4.57 Å². The molecule has 1 aromatic heterocycles. The third-order valence-corrected chi connectivity index (χ3v) is 4.47. The van der Waals surface area contributed by atoms with Crippen LogP contribution in [0, 0.1) is 24.2 Å². The Bertz CT molecular complexity index is 1220. The highest BCUT2D eigenvalue weighted by molar-refractivity contribution is 5.57. The highest BCUT2D eigenvalue weighted by atomic mass is 16.3. The monoisotopic (exact) mass is 414 g/mol. The van der Waals surface area contributed by atoms with E-state index in [-0.39, 0.29) is 29.6 Å². The molecule has 3 rings (SSSR count). The smallest absolute Gasteiger partial charge is 0.281 e. The molecule has 0 saturated heterocycles. The highest BCUT2D eigenvalue weighted by Gasteiger charge is 2.19. The van der Waals surface area contributed by atoms with Gasteiger partial charge in [0.1, 0.15) is 11.6 Å². The van der Waals surface area contributed by atoms with Gasteiger partial charge in [0, 0.05) is 12.1 Å². The second-order valence-corrected chi connectivity index (χ2v) is 7.35. The van der Waals surface area contributed by atoms with Crippen LogP contribution in [0.5, 0.6) is 5.88 Å². The summed E-state index contributed by atoms with van der Waals surface area (Å²) in [6, 6.07) is 18.2. The molecule has 0 spiro atoms. The van der Waals surface area contributed by atoms with Crippen LogP contribution in [0.1, 0.15) is 25.0 Å². The minimum absolute atomic E-state index is 0.0193. The summed E-state index contributed by atoms with van der Waals surface area (Å²) in [5.74, 6) is -0.244. The zero-order valence-electron chi connectivity index (χ0n) is 17.5. The molecular formula is C23H22N6O2. The molecule has 1 heterocycles. The normalized spacial score (nSPS) is 11.5. The Balaban J connectivity index is 1.88. The van der Waals surface area contributed by atoms with Gasteiger partial charge in [-0.15, -0.1) is 5.11 Å². The van der Waals surface area contributed by atoms with E-state index in [0.717, 1.165) is 10.3 Å². The number of azo groups is 2. The van der Waals surface area contributed by atoms with Crippen molar-refractivity contribution < 1.29 is 5.11 Å². The van der Waals surface area contributed by atoms with Gasteiger partial charge in [-0.05, 0) is 49.2 Å². The summed E-state index contributed by atoms with van der Waals surface area (Å²) in [5, 5.41) is 36.3. The fourth-order valence-corrected chi connectivity index (χ4v) is 2.90. The van der Waals surface area contributed by atoms with Gasteiger partial charge in [-0.25, -0.2) is 0 Å². The molecule has 0 aliphatic rings. The first kappa shape index (κ1) is 21.6. The zero-order valence-corrected chi connectivity index (χ0v) is 17.5. The zero-order chi connectivity index (χ0) is 22.4. The van der Waals surface area contributed by atoms with Gasteiger partial charge in [0.25, 0.3) is 5.56 Å². The third-order valence-electron chi connectivity index (χ3n) is 4.47.